The van der Waals surface area contributed by atoms with E-state index in [0.29, 0.717) is 6.42 Å². The lowest BCUT2D eigenvalue weighted by Gasteiger charge is -2.20. The average molecular weight is 353 g/mol. The highest BCUT2D eigenvalue weighted by Crippen LogP contribution is 2.36. The summed E-state index contributed by atoms with van der Waals surface area (Å²) in [6.07, 6.45) is 4.13. The maximum atomic E-state index is 13.2. The molecule has 3 rings (SSSR count). The minimum atomic E-state index is -0.304. The fourth-order valence-electron chi connectivity index (χ4n) is 3.71. The molecule has 2 unspecified atom stereocenters. The Morgan fingerprint density at radius 2 is 1.77 bits per heavy atom. The maximum absolute atomic E-state index is 13.2. The fourth-order valence-corrected chi connectivity index (χ4v) is 3.71. The number of carbonyl (C=O) groups is 2. The normalized spacial score (nSPS) is 19.7. The van der Waals surface area contributed by atoms with Gasteiger partial charge in [0.1, 0.15) is 0 Å². The van der Waals surface area contributed by atoms with E-state index in [1.165, 1.54) is 0 Å². The zero-order valence-electron chi connectivity index (χ0n) is 16.0. The highest BCUT2D eigenvalue weighted by molar-refractivity contribution is 5.99. The van der Waals surface area contributed by atoms with E-state index in [0.717, 1.165) is 35.2 Å². The SMILES string of the molecule is Cc1ccc(C(=O)C2CCCC(C(=O)OC(C)C)c3cc(C)cn32)cc1. The van der Waals surface area contributed by atoms with Gasteiger partial charge in [-0.25, -0.2) is 0 Å². The van der Waals surface area contributed by atoms with Crippen LogP contribution >= 0.6 is 0 Å². The van der Waals surface area contributed by atoms with Crippen LogP contribution in [-0.2, 0) is 9.53 Å². The standard InChI is InChI=1S/C22H27NO3/c1-14(2)26-22(25)18-6-5-7-19(23-13-16(4)12-20(18)23)21(24)17-10-8-15(3)9-11-17/h8-14,18-19H,5-7H2,1-4H3. The van der Waals surface area contributed by atoms with Crippen LogP contribution in [0.4, 0.5) is 0 Å². The second-order valence-electron chi connectivity index (χ2n) is 7.56. The van der Waals surface area contributed by atoms with Gasteiger partial charge in [0.25, 0.3) is 0 Å². The highest BCUT2D eigenvalue weighted by Gasteiger charge is 2.34. The van der Waals surface area contributed by atoms with Gasteiger partial charge in [0.15, 0.2) is 5.78 Å². The van der Waals surface area contributed by atoms with Gasteiger partial charge in [-0.3, -0.25) is 9.59 Å². The number of esters is 1. The van der Waals surface area contributed by atoms with E-state index in [1.807, 2.05) is 68.8 Å². The summed E-state index contributed by atoms with van der Waals surface area (Å²) < 4.78 is 7.48. The van der Waals surface area contributed by atoms with Crippen LogP contribution in [-0.4, -0.2) is 22.4 Å². The number of nitrogens with zero attached hydrogens (tertiary/aromatic N) is 1. The largest absolute Gasteiger partial charge is 0.462 e. The molecule has 1 aliphatic heterocycles. The molecule has 4 heteroatoms. The average Bonchev–Trinajstić information content (AvgIpc) is 2.86. The predicted octanol–water partition coefficient (Wildman–Crippen LogP) is 4.75. The number of Topliss-reactive ketones (excluding diaryl/α,β-unsaturated/α-hetero) is 1. The van der Waals surface area contributed by atoms with Crippen molar-refractivity contribution in [2.45, 2.75) is 65.0 Å². The van der Waals surface area contributed by atoms with Gasteiger partial charge in [0.05, 0.1) is 18.1 Å². The molecular weight excluding hydrogens is 326 g/mol. The van der Waals surface area contributed by atoms with Gasteiger partial charge >= 0.3 is 5.97 Å². The molecule has 0 amide bonds. The van der Waals surface area contributed by atoms with Gasteiger partial charge in [-0.15, -0.1) is 0 Å². The third kappa shape index (κ3) is 3.74. The van der Waals surface area contributed by atoms with E-state index < -0.39 is 0 Å². The van der Waals surface area contributed by atoms with Crippen molar-refractivity contribution in [2.75, 3.05) is 0 Å². The Morgan fingerprint density at radius 3 is 2.42 bits per heavy atom. The summed E-state index contributed by atoms with van der Waals surface area (Å²) >= 11 is 0. The fraction of sp³-hybridized carbons (Fsp3) is 0.455. The van der Waals surface area contributed by atoms with Crippen molar-refractivity contribution in [1.29, 1.82) is 0 Å². The van der Waals surface area contributed by atoms with Crippen molar-refractivity contribution in [2.24, 2.45) is 0 Å². The van der Waals surface area contributed by atoms with Crippen LogP contribution in [0, 0.1) is 13.8 Å². The summed E-state index contributed by atoms with van der Waals surface area (Å²) in [5.74, 6) is -0.385. The summed E-state index contributed by atoms with van der Waals surface area (Å²) in [6.45, 7) is 7.74. The Kier molecular flexibility index (Phi) is 5.30. The number of hydrogen-bond acceptors (Lipinski definition) is 3. The lowest BCUT2D eigenvalue weighted by atomic mass is 9.97. The molecule has 0 saturated carbocycles. The van der Waals surface area contributed by atoms with Crippen molar-refractivity contribution in [3.63, 3.8) is 0 Å². The number of fused-ring (bicyclic) bond motifs is 1. The molecule has 0 spiro atoms. The van der Waals surface area contributed by atoms with Crippen molar-refractivity contribution in [1.82, 2.24) is 4.57 Å². The molecule has 2 aromatic rings. The topological polar surface area (TPSA) is 48.3 Å². The van der Waals surface area contributed by atoms with Crippen molar-refractivity contribution in [3.8, 4) is 0 Å². The number of hydrogen-bond donors (Lipinski definition) is 0. The van der Waals surface area contributed by atoms with E-state index in [9.17, 15) is 9.59 Å². The lowest BCUT2D eigenvalue weighted by Crippen LogP contribution is -2.23. The number of benzene rings is 1. The predicted molar refractivity (Wildman–Crippen MR) is 102 cm³/mol. The smallest absolute Gasteiger partial charge is 0.315 e. The number of aryl methyl sites for hydroxylation is 2. The van der Waals surface area contributed by atoms with Gasteiger partial charge in [-0.05, 0) is 58.6 Å². The minimum absolute atomic E-state index is 0.111. The molecule has 1 aromatic carbocycles. The molecule has 0 saturated heterocycles. The molecule has 138 valence electrons. The van der Waals surface area contributed by atoms with E-state index in [-0.39, 0.29) is 29.8 Å². The monoisotopic (exact) mass is 353 g/mol. The molecule has 0 bridgehead atoms. The zero-order valence-corrected chi connectivity index (χ0v) is 16.0. The summed E-state index contributed by atoms with van der Waals surface area (Å²) in [4.78, 5) is 25.7. The Labute approximate surface area is 155 Å². The Hall–Kier alpha value is -2.36. The van der Waals surface area contributed by atoms with Crippen molar-refractivity contribution < 1.29 is 14.3 Å². The number of aromatic nitrogens is 1. The summed E-state index contributed by atoms with van der Waals surface area (Å²) in [7, 11) is 0. The number of rotatable bonds is 4. The first-order valence-corrected chi connectivity index (χ1v) is 9.36. The molecule has 2 atom stereocenters. The zero-order chi connectivity index (χ0) is 18.8. The lowest BCUT2D eigenvalue weighted by molar-refractivity contribution is -0.149. The molecule has 0 radical (unpaired) electrons. The number of ketones is 1. The molecule has 4 nitrogen and oxygen atoms in total. The summed E-state index contributed by atoms with van der Waals surface area (Å²) in [5.41, 5.74) is 3.82. The van der Waals surface area contributed by atoms with E-state index in [2.05, 4.69) is 0 Å². The molecule has 1 aromatic heterocycles. The third-order valence-corrected chi connectivity index (χ3v) is 4.95. The minimum Gasteiger partial charge on any atom is -0.462 e. The van der Waals surface area contributed by atoms with E-state index in [1.54, 1.807) is 0 Å². The van der Waals surface area contributed by atoms with Crippen LogP contribution < -0.4 is 0 Å². The van der Waals surface area contributed by atoms with Gasteiger partial charge in [-0.2, -0.15) is 0 Å². The second-order valence-corrected chi connectivity index (χ2v) is 7.56. The van der Waals surface area contributed by atoms with Gasteiger partial charge < -0.3 is 9.30 Å². The van der Waals surface area contributed by atoms with Crippen LogP contribution in [0.3, 0.4) is 0 Å². The molecule has 1 aliphatic rings. The van der Waals surface area contributed by atoms with E-state index >= 15 is 0 Å². The molecular formula is C22H27NO3. The third-order valence-electron chi connectivity index (χ3n) is 4.95. The molecule has 2 heterocycles. The first kappa shape index (κ1) is 18.4. The quantitative estimate of drug-likeness (QED) is 0.589. The highest BCUT2D eigenvalue weighted by atomic mass is 16.5. The van der Waals surface area contributed by atoms with E-state index in [4.69, 9.17) is 4.74 Å². The second kappa shape index (κ2) is 7.48. The van der Waals surface area contributed by atoms with Gasteiger partial charge in [0.2, 0.25) is 0 Å². The van der Waals surface area contributed by atoms with Crippen molar-refractivity contribution in [3.05, 3.63) is 58.9 Å². The maximum Gasteiger partial charge on any atom is 0.315 e. The molecule has 26 heavy (non-hydrogen) atoms. The van der Waals surface area contributed by atoms with Gasteiger partial charge in [0, 0.05) is 17.5 Å². The number of carbonyl (C=O) groups excluding carboxylic acids is 2. The first-order valence-electron chi connectivity index (χ1n) is 9.36. The Bertz CT molecular complexity index is 801. The van der Waals surface area contributed by atoms with Crippen LogP contribution in [0.2, 0.25) is 0 Å². The summed E-state index contributed by atoms with van der Waals surface area (Å²) in [5, 5.41) is 0. The van der Waals surface area contributed by atoms with Crippen LogP contribution in [0.1, 0.15) is 72.2 Å². The van der Waals surface area contributed by atoms with Crippen molar-refractivity contribution >= 4 is 11.8 Å². The van der Waals surface area contributed by atoms with Gasteiger partial charge in [-0.1, -0.05) is 29.8 Å². The summed E-state index contributed by atoms with van der Waals surface area (Å²) in [6, 6.07) is 9.47. The molecule has 0 fully saturated rings. The molecule has 0 aliphatic carbocycles. The number of ether oxygens (including phenoxy) is 1. The molecule has 0 N–H and O–H groups in total. The Balaban J connectivity index is 1.95. The Morgan fingerprint density at radius 1 is 1.08 bits per heavy atom. The van der Waals surface area contributed by atoms with Crippen LogP contribution in [0.25, 0.3) is 0 Å². The van der Waals surface area contributed by atoms with Crippen LogP contribution in [0.15, 0.2) is 36.5 Å². The first-order chi connectivity index (χ1) is 12.4. The van der Waals surface area contributed by atoms with Crippen LogP contribution in [0.5, 0.6) is 0 Å².